The third-order valence-corrected chi connectivity index (χ3v) is 2.33. The number of nitrogen functional groups attached to an aromatic ring is 1. The lowest BCUT2D eigenvalue weighted by atomic mass is 10.1. The van der Waals surface area contributed by atoms with Crippen molar-refractivity contribution in [2.24, 2.45) is 0 Å². The minimum Gasteiger partial charge on any atom is -0.394 e. The van der Waals surface area contributed by atoms with E-state index in [1.54, 1.807) is 0 Å². The number of hydrogen-bond acceptors (Lipinski definition) is 3. The second-order valence-electron chi connectivity index (χ2n) is 3.53. The molecule has 0 bridgehead atoms. The number of hydrogen-bond donors (Lipinski definition) is 2. The highest BCUT2D eigenvalue weighted by molar-refractivity contribution is 5.62. The Morgan fingerprint density at radius 3 is 2.71 bits per heavy atom. The fourth-order valence-electron chi connectivity index (χ4n) is 1.53. The van der Waals surface area contributed by atoms with Gasteiger partial charge in [0.1, 0.15) is 17.5 Å². The average molecular weight is 239 g/mol. The first-order valence-corrected chi connectivity index (χ1v) is 5.01. The number of nitrogens with zero attached hydrogens (tertiary/aromatic N) is 2. The smallest absolute Gasteiger partial charge is 0.135 e. The molecule has 0 unspecified atom stereocenters. The van der Waals surface area contributed by atoms with Crippen LogP contribution in [0.3, 0.4) is 0 Å². The maximum atomic E-state index is 13.5. The van der Waals surface area contributed by atoms with Gasteiger partial charge in [-0.3, -0.25) is 0 Å². The Labute approximate surface area is 96.3 Å². The number of aromatic nitrogens is 2. The van der Waals surface area contributed by atoms with Crippen molar-refractivity contribution >= 4 is 5.82 Å². The highest BCUT2D eigenvalue weighted by atomic mass is 19.1. The molecule has 0 atom stereocenters. The zero-order valence-electron chi connectivity index (χ0n) is 8.90. The quantitative estimate of drug-likeness (QED) is 0.851. The van der Waals surface area contributed by atoms with Crippen LogP contribution in [0.1, 0.15) is 0 Å². The van der Waals surface area contributed by atoms with E-state index < -0.39 is 11.6 Å². The van der Waals surface area contributed by atoms with Gasteiger partial charge in [-0.15, -0.1) is 0 Å². The standard InChI is InChI=1S/C11H11F2N3O/c12-7-1-2-8(9(13)5-7)10-6-11(14)16(15-10)3-4-17/h1-2,5-6,17H,3-4,14H2. The maximum absolute atomic E-state index is 13.5. The summed E-state index contributed by atoms with van der Waals surface area (Å²) in [6, 6.07) is 4.72. The summed E-state index contributed by atoms with van der Waals surface area (Å²) in [5.74, 6) is -1.02. The van der Waals surface area contributed by atoms with Gasteiger partial charge in [-0.25, -0.2) is 13.5 Å². The molecule has 0 aliphatic heterocycles. The van der Waals surface area contributed by atoms with E-state index >= 15 is 0 Å². The van der Waals surface area contributed by atoms with E-state index in [4.69, 9.17) is 10.8 Å². The molecular formula is C11H11F2N3O. The Hall–Kier alpha value is -1.95. The molecule has 0 radical (unpaired) electrons. The van der Waals surface area contributed by atoms with Crippen molar-refractivity contribution in [1.82, 2.24) is 9.78 Å². The summed E-state index contributed by atoms with van der Waals surface area (Å²) >= 11 is 0. The largest absolute Gasteiger partial charge is 0.394 e. The van der Waals surface area contributed by atoms with Gasteiger partial charge >= 0.3 is 0 Å². The van der Waals surface area contributed by atoms with E-state index in [0.29, 0.717) is 11.5 Å². The van der Waals surface area contributed by atoms with E-state index in [2.05, 4.69) is 5.10 Å². The number of benzene rings is 1. The van der Waals surface area contributed by atoms with Gasteiger partial charge in [0.15, 0.2) is 0 Å². The molecule has 0 saturated carbocycles. The fourth-order valence-corrected chi connectivity index (χ4v) is 1.53. The van der Waals surface area contributed by atoms with Crippen LogP contribution in [-0.4, -0.2) is 21.5 Å². The molecule has 0 spiro atoms. The van der Waals surface area contributed by atoms with Crippen LogP contribution in [0.25, 0.3) is 11.3 Å². The molecule has 0 aliphatic carbocycles. The molecule has 1 heterocycles. The summed E-state index contributed by atoms with van der Waals surface area (Å²) in [5.41, 5.74) is 6.13. The summed E-state index contributed by atoms with van der Waals surface area (Å²) in [6.45, 7) is 0.117. The molecule has 0 aliphatic rings. The molecule has 1 aromatic heterocycles. The lowest BCUT2D eigenvalue weighted by Gasteiger charge is -2.00. The molecule has 0 amide bonds. The van der Waals surface area contributed by atoms with E-state index in [1.165, 1.54) is 16.8 Å². The van der Waals surface area contributed by atoms with Crippen molar-refractivity contribution in [3.05, 3.63) is 35.9 Å². The van der Waals surface area contributed by atoms with Crippen LogP contribution in [0.2, 0.25) is 0 Å². The van der Waals surface area contributed by atoms with Gasteiger partial charge in [0.2, 0.25) is 0 Å². The molecule has 3 N–H and O–H groups in total. The topological polar surface area (TPSA) is 64.1 Å². The van der Waals surface area contributed by atoms with Crippen molar-refractivity contribution < 1.29 is 13.9 Å². The lowest BCUT2D eigenvalue weighted by molar-refractivity contribution is 0.270. The number of halogens is 2. The minimum atomic E-state index is -0.696. The zero-order chi connectivity index (χ0) is 12.4. The molecule has 17 heavy (non-hydrogen) atoms. The number of nitrogens with two attached hydrogens (primary N) is 1. The zero-order valence-corrected chi connectivity index (χ0v) is 8.90. The molecule has 0 fully saturated rings. The van der Waals surface area contributed by atoms with Gasteiger partial charge in [0.25, 0.3) is 0 Å². The first-order valence-electron chi connectivity index (χ1n) is 5.01. The predicted molar refractivity (Wildman–Crippen MR) is 59.1 cm³/mol. The van der Waals surface area contributed by atoms with Gasteiger partial charge < -0.3 is 10.8 Å². The Morgan fingerprint density at radius 2 is 2.06 bits per heavy atom. The number of aliphatic hydroxyl groups excluding tert-OH is 1. The first-order chi connectivity index (χ1) is 8.11. The van der Waals surface area contributed by atoms with Crippen molar-refractivity contribution in [2.75, 3.05) is 12.3 Å². The number of aliphatic hydroxyl groups is 1. The van der Waals surface area contributed by atoms with E-state index in [0.717, 1.165) is 12.1 Å². The van der Waals surface area contributed by atoms with Crippen molar-refractivity contribution in [3.8, 4) is 11.3 Å². The van der Waals surface area contributed by atoms with Crippen LogP contribution in [0.4, 0.5) is 14.6 Å². The third-order valence-electron chi connectivity index (χ3n) is 2.33. The van der Waals surface area contributed by atoms with Crippen molar-refractivity contribution in [3.63, 3.8) is 0 Å². The first kappa shape index (κ1) is 11.5. The highest BCUT2D eigenvalue weighted by Crippen LogP contribution is 2.23. The number of anilines is 1. The van der Waals surface area contributed by atoms with Gasteiger partial charge in [-0.05, 0) is 12.1 Å². The minimum absolute atomic E-state index is 0.114. The van der Waals surface area contributed by atoms with Crippen molar-refractivity contribution in [1.29, 1.82) is 0 Å². The van der Waals surface area contributed by atoms with Crippen LogP contribution in [0.5, 0.6) is 0 Å². The van der Waals surface area contributed by atoms with Gasteiger partial charge in [0, 0.05) is 17.7 Å². The van der Waals surface area contributed by atoms with E-state index in [9.17, 15) is 8.78 Å². The van der Waals surface area contributed by atoms with Gasteiger partial charge in [0.05, 0.1) is 18.8 Å². The fraction of sp³-hybridized carbons (Fsp3) is 0.182. The van der Waals surface area contributed by atoms with Gasteiger partial charge in [-0.2, -0.15) is 5.10 Å². The Balaban J connectivity index is 2.42. The molecule has 4 nitrogen and oxygen atoms in total. The van der Waals surface area contributed by atoms with Gasteiger partial charge in [-0.1, -0.05) is 0 Å². The molecule has 2 aromatic rings. The van der Waals surface area contributed by atoms with Crippen LogP contribution < -0.4 is 5.73 Å². The number of rotatable bonds is 3. The SMILES string of the molecule is Nc1cc(-c2ccc(F)cc2F)nn1CCO. The maximum Gasteiger partial charge on any atom is 0.135 e. The molecule has 0 saturated heterocycles. The predicted octanol–water partition coefficient (Wildman–Crippen LogP) is 1.40. The molecular weight excluding hydrogens is 228 g/mol. The van der Waals surface area contributed by atoms with E-state index in [1.807, 2.05) is 0 Å². The molecule has 1 aromatic carbocycles. The highest BCUT2D eigenvalue weighted by Gasteiger charge is 2.11. The lowest BCUT2D eigenvalue weighted by Crippen LogP contribution is -2.07. The Morgan fingerprint density at radius 1 is 1.29 bits per heavy atom. The van der Waals surface area contributed by atoms with Crippen molar-refractivity contribution in [2.45, 2.75) is 6.54 Å². The third kappa shape index (κ3) is 2.26. The van der Waals surface area contributed by atoms with E-state index in [-0.39, 0.29) is 18.7 Å². The Bertz CT molecular complexity index is 540. The average Bonchev–Trinajstić information content (AvgIpc) is 2.60. The second kappa shape index (κ2) is 4.50. The van der Waals surface area contributed by atoms with Crippen LogP contribution in [0, 0.1) is 11.6 Å². The summed E-state index contributed by atoms with van der Waals surface area (Å²) in [6.07, 6.45) is 0. The summed E-state index contributed by atoms with van der Waals surface area (Å²) < 4.78 is 27.6. The molecule has 90 valence electrons. The van der Waals surface area contributed by atoms with Crippen LogP contribution >= 0.6 is 0 Å². The normalized spacial score (nSPS) is 10.8. The molecule has 6 heteroatoms. The summed E-state index contributed by atoms with van der Waals surface area (Å²) in [5, 5.41) is 12.8. The summed E-state index contributed by atoms with van der Waals surface area (Å²) in [4.78, 5) is 0. The van der Waals surface area contributed by atoms with Crippen LogP contribution in [-0.2, 0) is 6.54 Å². The monoisotopic (exact) mass is 239 g/mol. The Kier molecular flexibility index (Phi) is 3.06. The summed E-state index contributed by atoms with van der Waals surface area (Å²) in [7, 11) is 0. The van der Waals surface area contributed by atoms with Crippen LogP contribution in [0.15, 0.2) is 24.3 Å². The molecule has 2 rings (SSSR count). The second-order valence-corrected chi connectivity index (χ2v) is 3.53.